The first kappa shape index (κ1) is 28.2. The normalized spacial score (nSPS) is 14.0. The van der Waals surface area contributed by atoms with Crippen LogP contribution in [0.3, 0.4) is 0 Å². The maximum Gasteiger partial charge on any atom is 0.0726 e. The summed E-state index contributed by atoms with van der Waals surface area (Å²) in [6.07, 6.45) is 0. The van der Waals surface area contributed by atoms with Gasteiger partial charge in [0, 0.05) is 11.4 Å². The molecule has 1 aliphatic heterocycles. The van der Waals surface area contributed by atoms with Gasteiger partial charge < -0.3 is 9.80 Å². The highest BCUT2D eigenvalue weighted by Gasteiger charge is 2.52. The maximum atomic E-state index is 2.49. The third-order valence-corrected chi connectivity index (χ3v) is 11.2. The van der Waals surface area contributed by atoms with Crippen LogP contribution in [0, 0.1) is 0 Å². The summed E-state index contributed by atoms with van der Waals surface area (Å²) in [5, 5.41) is 0. The number of fused-ring (bicyclic) bond motifs is 12. The quantitative estimate of drug-likeness (QED) is 0.188. The summed E-state index contributed by atoms with van der Waals surface area (Å²) in [7, 11) is 0. The summed E-state index contributed by atoms with van der Waals surface area (Å²) in [5.74, 6) is 0. The van der Waals surface area contributed by atoms with E-state index in [1.54, 1.807) is 0 Å². The SMILES string of the molecule is c1ccc(-c2ccc3c(c2)C2(c4ccccc4-c4ccccc42)c2cc(N4c5ccccc5N(c5ccccc5)c5ccccc54)ccc2-3)cc1. The number of hydrogen-bond acceptors (Lipinski definition) is 2. The Balaban J connectivity index is 1.19. The molecule has 2 nitrogen and oxygen atoms in total. The summed E-state index contributed by atoms with van der Waals surface area (Å²) in [4.78, 5) is 4.85. The van der Waals surface area contributed by atoms with Crippen LogP contribution < -0.4 is 9.80 Å². The van der Waals surface area contributed by atoms with Crippen molar-refractivity contribution < 1.29 is 0 Å². The van der Waals surface area contributed by atoms with Crippen molar-refractivity contribution in [3.05, 3.63) is 216 Å². The van der Waals surface area contributed by atoms with Crippen molar-refractivity contribution in [2.24, 2.45) is 0 Å². The van der Waals surface area contributed by atoms with Gasteiger partial charge in [0.1, 0.15) is 0 Å². The van der Waals surface area contributed by atoms with Gasteiger partial charge in [0.15, 0.2) is 0 Å². The predicted octanol–water partition coefficient (Wildman–Crippen LogP) is 13.0. The van der Waals surface area contributed by atoms with Gasteiger partial charge in [0.05, 0.1) is 28.2 Å². The highest BCUT2D eigenvalue weighted by atomic mass is 15.3. The Kier molecular flexibility index (Phi) is 5.91. The molecule has 0 N–H and O–H groups in total. The van der Waals surface area contributed by atoms with Crippen molar-refractivity contribution in [1.82, 2.24) is 0 Å². The van der Waals surface area contributed by atoms with Gasteiger partial charge in [-0.3, -0.25) is 0 Å². The molecule has 2 heteroatoms. The number of anilines is 6. The fraction of sp³-hybridized carbons (Fsp3) is 0.0204. The van der Waals surface area contributed by atoms with Crippen LogP contribution in [0.2, 0.25) is 0 Å². The molecule has 11 rings (SSSR count). The Morgan fingerprint density at radius 1 is 0.275 bits per heavy atom. The molecule has 0 fully saturated rings. The third kappa shape index (κ3) is 3.82. The zero-order valence-electron chi connectivity index (χ0n) is 27.9. The van der Waals surface area contributed by atoms with E-state index < -0.39 is 5.41 Å². The molecule has 0 amide bonds. The van der Waals surface area contributed by atoms with Crippen molar-refractivity contribution in [3.8, 4) is 33.4 Å². The van der Waals surface area contributed by atoms with Crippen LogP contribution in [0.5, 0.6) is 0 Å². The van der Waals surface area contributed by atoms with Crippen LogP contribution >= 0.6 is 0 Å². The minimum absolute atomic E-state index is 0.455. The second-order valence-corrected chi connectivity index (χ2v) is 13.7. The van der Waals surface area contributed by atoms with E-state index in [0.29, 0.717) is 0 Å². The Hall–Kier alpha value is -6.64. The molecular formula is C49H32N2. The zero-order chi connectivity index (χ0) is 33.5. The van der Waals surface area contributed by atoms with E-state index in [1.165, 1.54) is 55.6 Å². The molecule has 0 aromatic heterocycles. The summed E-state index contributed by atoms with van der Waals surface area (Å²) in [6, 6.07) is 71.5. The molecule has 51 heavy (non-hydrogen) atoms. The van der Waals surface area contributed by atoms with Gasteiger partial charge in [0.25, 0.3) is 0 Å². The number of hydrogen-bond donors (Lipinski definition) is 0. The minimum Gasteiger partial charge on any atom is -0.306 e. The molecule has 0 unspecified atom stereocenters. The van der Waals surface area contributed by atoms with Gasteiger partial charge in [-0.1, -0.05) is 140 Å². The fourth-order valence-corrected chi connectivity index (χ4v) is 9.15. The lowest BCUT2D eigenvalue weighted by atomic mass is 9.70. The van der Waals surface area contributed by atoms with Crippen LogP contribution in [0.25, 0.3) is 33.4 Å². The summed E-state index contributed by atoms with van der Waals surface area (Å²) >= 11 is 0. The first-order valence-electron chi connectivity index (χ1n) is 17.7. The lowest BCUT2D eigenvalue weighted by Gasteiger charge is -2.40. The molecular weight excluding hydrogens is 617 g/mol. The molecule has 1 heterocycles. The van der Waals surface area contributed by atoms with Crippen molar-refractivity contribution in [1.29, 1.82) is 0 Å². The third-order valence-electron chi connectivity index (χ3n) is 11.2. The number of rotatable bonds is 3. The number of benzene rings is 8. The Morgan fingerprint density at radius 3 is 1.29 bits per heavy atom. The van der Waals surface area contributed by atoms with Crippen molar-refractivity contribution in [2.75, 3.05) is 9.80 Å². The molecule has 0 saturated heterocycles. The van der Waals surface area contributed by atoms with Crippen molar-refractivity contribution >= 4 is 34.1 Å². The standard InChI is InChI=1S/C49H32N2/c1-3-15-33(16-4-1)34-27-29-39-40-30-28-36(32-44(40)49(43(39)31-34)41-21-9-7-19-37(41)38-20-8-10-22-42(38)49)51-47-25-13-11-23-45(47)50(35-17-5-2-6-18-35)46-24-12-14-26-48(46)51/h1-32H. The van der Waals surface area contributed by atoms with Gasteiger partial charge in [0.2, 0.25) is 0 Å². The summed E-state index contributed by atoms with van der Waals surface area (Å²) < 4.78 is 0. The molecule has 0 radical (unpaired) electrons. The van der Waals surface area contributed by atoms with Gasteiger partial charge >= 0.3 is 0 Å². The molecule has 3 aliphatic rings. The summed E-state index contributed by atoms with van der Waals surface area (Å²) in [5.41, 5.74) is 19.6. The van der Waals surface area contributed by atoms with Crippen LogP contribution in [-0.2, 0) is 5.41 Å². The average Bonchev–Trinajstić information content (AvgIpc) is 3.67. The summed E-state index contributed by atoms with van der Waals surface area (Å²) in [6.45, 7) is 0. The average molecular weight is 649 g/mol. The molecule has 2 aliphatic carbocycles. The van der Waals surface area contributed by atoms with E-state index in [9.17, 15) is 0 Å². The molecule has 0 bridgehead atoms. The Morgan fingerprint density at radius 2 is 0.706 bits per heavy atom. The lowest BCUT2D eigenvalue weighted by Crippen LogP contribution is -2.27. The van der Waals surface area contributed by atoms with E-state index >= 15 is 0 Å². The lowest BCUT2D eigenvalue weighted by molar-refractivity contribution is 0.794. The molecule has 238 valence electrons. The predicted molar refractivity (Wildman–Crippen MR) is 211 cm³/mol. The van der Waals surface area contributed by atoms with Crippen molar-refractivity contribution in [3.63, 3.8) is 0 Å². The molecule has 0 saturated carbocycles. The molecule has 1 spiro atoms. The van der Waals surface area contributed by atoms with E-state index in [0.717, 1.165) is 34.1 Å². The van der Waals surface area contributed by atoms with Gasteiger partial charge in [-0.15, -0.1) is 0 Å². The van der Waals surface area contributed by atoms with E-state index in [-0.39, 0.29) is 0 Å². The Bertz CT molecular complexity index is 2560. The Labute approximate surface area is 298 Å². The monoisotopic (exact) mass is 648 g/mol. The number of para-hydroxylation sites is 5. The maximum absolute atomic E-state index is 2.49. The zero-order valence-corrected chi connectivity index (χ0v) is 27.9. The van der Waals surface area contributed by atoms with E-state index in [1.807, 2.05) is 0 Å². The second-order valence-electron chi connectivity index (χ2n) is 13.7. The first-order chi connectivity index (χ1) is 25.3. The topological polar surface area (TPSA) is 6.48 Å². The highest BCUT2D eigenvalue weighted by molar-refractivity contribution is 6.03. The highest BCUT2D eigenvalue weighted by Crippen LogP contribution is 2.64. The second kappa shape index (κ2) is 10.7. The minimum atomic E-state index is -0.455. The van der Waals surface area contributed by atoms with E-state index in [2.05, 4.69) is 204 Å². The van der Waals surface area contributed by atoms with Crippen molar-refractivity contribution in [2.45, 2.75) is 5.41 Å². The largest absolute Gasteiger partial charge is 0.306 e. The smallest absolute Gasteiger partial charge is 0.0726 e. The van der Waals surface area contributed by atoms with Crippen LogP contribution in [0.15, 0.2) is 194 Å². The molecule has 8 aromatic carbocycles. The van der Waals surface area contributed by atoms with Crippen LogP contribution in [0.1, 0.15) is 22.3 Å². The van der Waals surface area contributed by atoms with E-state index in [4.69, 9.17) is 0 Å². The van der Waals surface area contributed by atoms with Gasteiger partial charge in [-0.25, -0.2) is 0 Å². The molecule has 0 atom stereocenters. The van der Waals surface area contributed by atoms with Gasteiger partial charge in [-0.2, -0.15) is 0 Å². The fourth-order valence-electron chi connectivity index (χ4n) is 9.15. The molecule has 8 aromatic rings. The van der Waals surface area contributed by atoms with Crippen LogP contribution in [-0.4, -0.2) is 0 Å². The van der Waals surface area contributed by atoms with Crippen LogP contribution in [0.4, 0.5) is 34.1 Å². The van der Waals surface area contributed by atoms with Gasteiger partial charge in [-0.05, 0) is 110 Å². The number of nitrogens with zero attached hydrogens (tertiary/aromatic N) is 2. The first-order valence-corrected chi connectivity index (χ1v) is 17.7.